The Labute approximate surface area is 164 Å². The van der Waals surface area contributed by atoms with Crippen LogP contribution in [0.1, 0.15) is 56.7 Å². The molecule has 0 amide bonds. The van der Waals surface area contributed by atoms with Crippen LogP contribution in [-0.4, -0.2) is 56.0 Å². The molecule has 0 bridgehead atoms. The summed E-state index contributed by atoms with van der Waals surface area (Å²) in [6, 6.07) is 4.54. The Morgan fingerprint density at radius 2 is 1.96 bits per heavy atom. The lowest BCUT2D eigenvalue weighted by Gasteiger charge is -2.44. The molecule has 0 unspecified atom stereocenters. The fraction of sp³-hybridized carbons (Fsp3) is 0.600. The van der Waals surface area contributed by atoms with Crippen LogP contribution >= 0.6 is 0 Å². The maximum atomic E-state index is 5.47. The van der Waals surface area contributed by atoms with Gasteiger partial charge in [-0.3, -0.25) is 4.90 Å². The molecule has 2 aliphatic rings. The van der Waals surface area contributed by atoms with Crippen LogP contribution in [-0.2, 0) is 12.0 Å². The van der Waals surface area contributed by atoms with Crippen LogP contribution < -0.4 is 4.90 Å². The minimum absolute atomic E-state index is 0.0966. The van der Waals surface area contributed by atoms with Gasteiger partial charge in [0.25, 0.3) is 0 Å². The molecule has 1 aliphatic carbocycles. The Bertz CT molecular complexity index is 992. The molecule has 5 rings (SSSR count). The number of nitrogens with zero attached hydrogens (tertiary/aromatic N) is 7. The second kappa shape index (κ2) is 6.27. The van der Waals surface area contributed by atoms with E-state index in [9.17, 15) is 0 Å². The molecule has 1 saturated carbocycles. The normalized spacial score (nSPS) is 18.2. The average Bonchev–Trinajstić information content (AvgIpc) is 3.17. The molecule has 0 spiro atoms. The third-order valence-electron chi connectivity index (χ3n) is 5.77. The molecule has 0 radical (unpaired) electrons. The van der Waals surface area contributed by atoms with E-state index in [2.05, 4.69) is 53.0 Å². The molecule has 3 aromatic rings. The molecule has 148 valence electrons. The highest BCUT2D eigenvalue weighted by atomic mass is 16.5. The van der Waals surface area contributed by atoms with Gasteiger partial charge < -0.3 is 9.42 Å². The summed E-state index contributed by atoms with van der Waals surface area (Å²) >= 11 is 0. The van der Waals surface area contributed by atoms with E-state index in [4.69, 9.17) is 9.62 Å². The Morgan fingerprint density at radius 3 is 2.68 bits per heavy atom. The molecule has 4 heterocycles. The molecule has 1 saturated heterocycles. The van der Waals surface area contributed by atoms with Gasteiger partial charge in [0, 0.05) is 42.6 Å². The number of rotatable bonds is 5. The molecular formula is C20H27N7O. The smallest absolute Gasteiger partial charge is 0.178 e. The first-order valence-electron chi connectivity index (χ1n) is 10.0. The number of fused-ring (bicyclic) bond motifs is 1. The quantitative estimate of drug-likeness (QED) is 0.672. The first-order valence-corrected chi connectivity index (χ1v) is 10.0. The van der Waals surface area contributed by atoms with E-state index in [1.54, 1.807) is 0 Å². The minimum Gasteiger partial charge on any atom is -0.361 e. The highest BCUT2D eigenvalue weighted by Crippen LogP contribution is 2.42. The molecular weight excluding hydrogens is 354 g/mol. The molecule has 28 heavy (non-hydrogen) atoms. The molecule has 3 aromatic heterocycles. The van der Waals surface area contributed by atoms with E-state index >= 15 is 0 Å². The van der Waals surface area contributed by atoms with E-state index in [0.29, 0.717) is 12.0 Å². The molecule has 0 aromatic carbocycles. The van der Waals surface area contributed by atoms with Gasteiger partial charge in [0.1, 0.15) is 11.6 Å². The van der Waals surface area contributed by atoms with Crippen molar-refractivity contribution in [2.45, 2.75) is 57.5 Å². The zero-order valence-electron chi connectivity index (χ0n) is 17.0. The fourth-order valence-corrected chi connectivity index (χ4v) is 3.80. The van der Waals surface area contributed by atoms with Crippen molar-refractivity contribution in [1.82, 2.24) is 29.9 Å². The van der Waals surface area contributed by atoms with Crippen molar-refractivity contribution in [1.29, 1.82) is 0 Å². The Hall–Kier alpha value is -2.48. The summed E-state index contributed by atoms with van der Waals surface area (Å²) in [4.78, 5) is 4.70. The Balaban J connectivity index is 1.26. The maximum absolute atomic E-state index is 5.47. The van der Waals surface area contributed by atoms with Crippen molar-refractivity contribution < 1.29 is 4.52 Å². The summed E-state index contributed by atoms with van der Waals surface area (Å²) < 4.78 is 7.35. The molecule has 0 atom stereocenters. The summed E-state index contributed by atoms with van der Waals surface area (Å²) in [5, 5.41) is 17.4. The highest BCUT2D eigenvalue weighted by molar-refractivity contribution is 5.48. The Morgan fingerprint density at radius 1 is 1.18 bits per heavy atom. The van der Waals surface area contributed by atoms with Crippen molar-refractivity contribution >= 4 is 11.5 Å². The van der Waals surface area contributed by atoms with E-state index in [-0.39, 0.29) is 5.41 Å². The van der Waals surface area contributed by atoms with Crippen molar-refractivity contribution in [3.05, 3.63) is 35.5 Å². The van der Waals surface area contributed by atoms with Gasteiger partial charge in [-0.15, -0.1) is 15.3 Å². The van der Waals surface area contributed by atoms with Gasteiger partial charge in [0.2, 0.25) is 0 Å². The largest absolute Gasteiger partial charge is 0.361 e. The van der Waals surface area contributed by atoms with Crippen LogP contribution in [0.25, 0.3) is 5.65 Å². The summed E-state index contributed by atoms with van der Waals surface area (Å²) in [5.41, 5.74) is 1.94. The summed E-state index contributed by atoms with van der Waals surface area (Å²) in [6.07, 6.45) is 4.35. The average molecular weight is 381 g/mol. The van der Waals surface area contributed by atoms with Crippen molar-refractivity contribution in [3.8, 4) is 0 Å². The maximum Gasteiger partial charge on any atom is 0.178 e. The fourth-order valence-electron chi connectivity index (χ4n) is 3.80. The van der Waals surface area contributed by atoms with Crippen molar-refractivity contribution in [2.24, 2.45) is 0 Å². The van der Waals surface area contributed by atoms with Crippen LogP contribution in [0.15, 0.2) is 22.9 Å². The van der Waals surface area contributed by atoms with E-state index in [0.717, 1.165) is 42.7 Å². The number of hydrogen-bond acceptors (Lipinski definition) is 7. The van der Waals surface area contributed by atoms with Crippen LogP contribution in [0.5, 0.6) is 0 Å². The molecule has 8 heteroatoms. The standard InChI is InChI=1S/C20H27N7O/c1-20(2,3)19-23-22-16-7-8-17(24-27(16)19)26-11-15(12-26)25(4)10-14-9-21-28-18(14)13-5-6-13/h7-9,13,15H,5-6,10-12H2,1-4H3. The predicted octanol–water partition coefficient (Wildman–Crippen LogP) is 2.61. The highest BCUT2D eigenvalue weighted by Gasteiger charge is 2.34. The minimum atomic E-state index is -0.0966. The first-order chi connectivity index (χ1) is 13.4. The van der Waals surface area contributed by atoms with Gasteiger partial charge in [-0.25, -0.2) is 0 Å². The lowest BCUT2D eigenvalue weighted by molar-refractivity contribution is 0.195. The van der Waals surface area contributed by atoms with Crippen molar-refractivity contribution in [2.75, 3.05) is 25.0 Å². The van der Waals surface area contributed by atoms with Crippen LogP contribution in [0.2, 0.25) is 0 Å². The lowest BCUT2D eigenvalue weighted by atomic mass is 9.96. The van der Waals surface area contributed by atoms with Gasteiger partial charge in [-0.2, -0.15) is 4.52 Å². The molecule has 8 nitrogen and oxygen atoms in total. The third-order valence-corrected chi connectivity index (χ3v) is 5.77. The number of anilines is 1. The number of aromatic nitrogens is 5. The summed E-state index contributed by atoms with van der Waals surface area (Å²) in [6.45, 7) is 9.21. The second-order valence-corrected chi connectivity index (χ2v) is 9.20. The monoisotopic (exact) mass is 381 g/mol. The number of hydrogen-bond donors (Lipinski definition) is 0. The second-order valence-electron chi connectivity index (χ2n) is 9.20. The van der Waals surface area contributed by atoms with Gasteiger partial charge in [-0.1, -0.05) is 25.9 Å². The Kier molecular flexibility index (Phi) is 3.94. The van der Waals surface area contributed by atoms with E-state index < -0.39 is 0 Å². The molecule has 0 N–H and O–H groups in total. The van der Waals surface area contributed by atoms with Gasteiger partial charge in [-0.05, 0) is 32.0 Å². The number of likely N-dealkylation sites (N-methyl/N-ethyl adjacent to an activating group) is 1. The van der Waals surface area contributed by atoms with Gasteiger partial charge in [0.05, 0.1) is 6.20 Å². The van der Waals surface area contributed by atoms with E-state index in [1.807, 2.05) is 22.8 Å². The van der Waals surface area contributed by atoms with Crippen LogP contribution in [0.4, 0.5) is 5.82 Å². The van der Waals surface area contributed by atoms with E-state index in [1.165, 1.54) is 18.4 Å². The van der Waals surface area contributed by atoms with Crippen LogP contribution in [0.3, 0.4) is 0 Å². The van der Waals surface area contributed by atoms with Gasteiger partial charge in [0.15, 0.2) is 11.5 Å². The molecule has 1 aliphatic heterocycles. The van der Waals surface area contributed by atoms with Crippen LogP contribution in [0, 0.1) is 0 Å². The first kappa shape index (κ1) is 17.6. The zero-order valence-corrected chi connectivity index (χ0v) is 17.0. The van der Waals surface area contributed by atoms with Gasteiger partial charge >= 0.3 is 0 Å². The summed E-state index contributed by atoms with van der Waals surface area (Å²) in [7, 11) is 2.18. The molecule has 2 fully saturated rings. The SMILES string of the molecule is CN(Cc1cnoc1C1CC1)C1CN(c2ccc3nnc(C(C)(C)C)n3n2)C1. The zero-order chi connectivity index (χ0) is 19.5. The summed E-state index contributed by atoms with van der Waals surface area (Å²) in [5.74, 6) is 3.56. The third kappa shape index (κ3) is 3.05. The van der Waals surface area contributed by atoms with Crippen molar-refractivity contribution in [3.63, 3.8) is 0 Å². The lowest BCUT2D eigenvalue weighted by Crippen LogP contribution is -2.58. The topological polar surface area (TPSA) is 75.6 Å². The predicted molar refractivity (Wildman–Crippen MR) is 105 cm³/mol.